The lowest BCUT2D eigenvalue weighted by Crippen LogP contribution is -2.00. The van der Waals surface area contributed by atoms with Crippen LogP contribution in [0.4, 0.5) is 0 Å². The van der Waals surface area contributed by atoms with Gasteiger partial charge in [-0.2, -0.15) is 0 Å². The molecule has 21 heavy (non-hydrogen) atoms. The van der Waals surface area contributed by atoms with E-state index < -0.39 is 0 Å². The van der Waals surface area contributed by atoms with Crippen LogP contribution in [0.2, 0.25) is 0 Å². The van der Waals surface area contributed by atoms with E-state index in [4.69, 9.17) is 4.42 Å². The Morgan fingerprint density at radius 2 is 1.86 bits per heavy atom. The molecule has 0 N–H and O–H groups in total. The van der Waals surface area contributed by atoms with E-state index in [1.54, 1.807) is 17.4 Å². The molecular weight excluding hydrogens is 302 g/mol. The summed E-state index contributed by atoms with van der Waals surface area (Å²) in [6, 6.07) is 17.3. The van der Waals surface area contributed by atoms with Crippen molar-refractivity contribution < 1.29 is 4.42 Å². The van der Waals surface area contributed by atoms with E-state index in [0.29, 0.717) is 10.5 Å². The normalized spacial score (nSPS) is 11.2. The number of hydrogen-bond acceptors (Lipinski definition) is 5. The highest BCUT2D eigenvalue weighted by atomic mass is 32.2. The number of benzene rings is 2. The molecule has 0 aliphatic rings. The van der Waals surface area contributed by atoms with Crippen molar-refractivity contribution in [2.75, 3.05) is 0 Å². The molecule has 5 heteroatoms. The molecule has 0 spiro atoms. The van der Waals surface area contributed by atoms with Gasteiger partial charge in [0.15, 0.2) is 4.34 Å². The fourth-order valence-electron chi connectivity index (χ4n) is 2.10. The smallest absolute Gasteiger partial charge is 0.350 e. The second-order valence-corrected chi connectivity index (χ2v) is 6.81. The molecule has 2 aromatic heterocycles. The SMILES string of the molecule is O=c1oc2ccccc2cc1Sc1nc2ccccc2s1. The molecule has 0 fully saturated rings. The predicted octanol–water partition coefficient (Wildman–Crippen LogP) is 4.55. The Morgan fingerprint density at radius 3 is 2.76 bits per heavy atom. The van der Waals surface area contributed by atoms with E-state index in [-0.39, 0.29) is 5.63 Å². The lowest BCUT2D eigenvalue weighted by molar-refractivity contribution is 0.544. The molecule has 3 nitrogen and oxygen atoms in total. The first-order valence-electron chi connectivity index (χ1n) is 6.36. The number of thiazole rings is 1. The zero-order chi connectivity index (χ0) is 14.2. The minimum absolute atomic E-state index is 0.321. The summed E-state index contributed by atoms with van der Waals surface area (Å²) in [4.78, 5) is 17.1. The highest BCUT2D eigenvalue weighted by Gasteiger charge is 2.10. The molecule has 0 saturated carbocycles. The predicted molar refractivity (Wildman–Crippen MR) is 86.2 cm³/mol. The average Bonchev–Trinajstić information content (AvgIpc) is 2.90. The fraction of sp³-hybridized carbons (Fsp3) is 0. The van der Waals surface area contributed by atoms with Crippen molar-refractivity contribution in [3.63, 3.8) is 0 Å². The molecule has 4 aromatic rings. The van der Waals surface area contributed by atoms with Crippen LogP contribution < -0.4 is 5.63 Å². The molecule has 0 aliphatic heterocycles. The molecule has 4 rings (SSSR count). The van der Waals surface area contributed by atoms with Gasteiger partial charge in [0.1, 0.15) is 10.5 Å². The standard InChI is InChI=1S/C16H9NO2S2/c18-15-14(9-10-5-1-3-7-12(10)19-15)21-16-17-11-6-2-4-8-13(11)20-16/h1-9H. The Hall–Kier alpha value is -2.11. The summed E-state index contributed by atoms with van der Waals surface area (Å²) >= 11 is 2.93. The van der Waals surface area contributed by atoms with Crippen molar-refractivity contribution in [2.24, 2.45) is 0 Å². The Morgan fingerprint density at radius 1 is 1.05 bits per heavy atom. The maximum atomic E-state index is 12.0. The van der Waals surface area contributed by atoms with Crippen molar-refractivity contribution in [1.82, 2.24) is 4.98 Å². The Kier molecular flexibility index (Phi) is 3.02. The van der Waals surface area contributed by atoms with Crippen LogP contribution >= 0.6 is 23.1 Å². The van der Waals surface area contributed by atoms with Gasteiger partial charge in [-0.15, -0.1) is 11.3 Å². The Bertz CT molecular complexity index is 971. The van der Waals surface area contributed by atoms with E-state index in [0.717, 1.165) is 19.9 Å². The summed E-state index contributed by atoms with van der Waals surface area (Å²) in [6.45, 7) is 0. The van der Waals surface area contributed by atoms with E-state index in [2.05, 4.69) is 4.98 Å². The number of rotatable bonds is 2. The van der Waals surface area contributed by atoms with Crippen LogP contribution in [0.5, 0.6) is 0 Å². The third-order valence-electron chi connectivity index (χ3n) is 3.08. The topological polar surface area (TPSA) is 43.1 Å². The van der Waals surface area contributed by atoms with Gasteiger partial charge < -0.3 is 4.42 Å². The van der Waals surface area contributed by atoms with Crippen LogP contribution in [0.3, 0.4) is 0 Å². The van der Waals surface area contributed by atoms with Crippen LogP contribution in [-0.4, -0.2) is 4.98 Å². The Labute approximate surface area is 128 Å². The number of fused-ring (bicyclic) bond motifs is 2. The molecule has 0 aliphatic carbocycles. The van der Waals surface area contributed by atoms with Crippen LogP contribution in [0.15, 0.2) is 73.0 Å². The maximum absolute atomic E-state index is 12.0. The average molecular weight is 311 g/mol. The summed E-state index contributed by atoms with van der Waals surface area (Å²) < 4.78 is 7.30. The van der Waals surface area contributed by atoms with Gasteiger partial charge in [-0.1, -0.05) is 42.1 Å². The monoisotopic (exact) mass is 311 g/mol. The van der Waals surface area contributed by atoms with Gasteiger partial charge in [-0.05, 0) is 24.3 Å². The molecule has 0 radical (unpaired) electrons. The van der Waals surface area contributed by atoms with Gasteiger partial charge in [0, 0.05) is 5.39 Å². The van der Waals surface area contributed by atoms with Crippen LogP contribution in [0, 0.1) is 0 Å². The lowest BCUT2D eigenvalue weighted by atomic mass is 10.2. The number of nitrogens with zero attached hydrogens (tertiary/aromatic N) is 1. The van der Waals surface area contributed by atoms with Gasteiger partial charge >= 0.3 is 5.63 Å². The molecule has 2 heterocycles. The second kappa shape index (κ2) is 5.02. The minimum Gasteiger partial charge on any atom is -0.422 e. The van der Waals surface area contributed by atoms with E-state index >= 15 is 0 Å². The number of aromatic nitrogens is 1. The van der Waals surface area contributed by atoms with Crippen LogP contribution in [0.25, 0.3) is 21.2 Å². The molecule has 102 valence electrons. The highest BCUT2D eigenvalue weighted by Crippen LogP contribution is 2.33. The third kappa shape index (κ3) is 2.34. The number of hydrogen-bond donors (Lipinski definition) is 0. The van der Waals surface area contributed by atoms with Crippen molar-refractivity contribution >= 4 is 44.3 Å². The van der Waals surface area contributed by atoms with E-state index in [9.17, 15) is 4.79 Å². The second-order valence-electron chi connectivity index (χ2n) is 4.49. The third-order valence-corrected chi connectivity index (χ3v) is 5.18. The minimum atomic E-state index is -0.321. The van der Waals surface area contributed by atoms with Crippen molar-refractivity contribution in [2.45, 2.75) is 9.24 Å². The van der Waals surface area contributed by atoms with Gasteiger partial charge in [0.05, 0.1) is 10.2 Å². The van der Waals surface area contributed by atoms with Gasteiger partial charge in [-0.25, -0.2) is 9.78 Å². The lowest BCUT2D eigenvalue weighted by Gasteiger charge is -1.99. The molecule has 0 saturated heterocycles. The summed E-state index contributed by atoms with van der Waals surface area (Å²) in [7, 11) is 0. The maximum Gasteiger partial charge on any atom is 0.350 e. The Balaban J connectivity index is 1.79. The summed E-state index contributed by atoms with van der Waals surface area (Å²) in [5.74, 6) is 0. The molecule has 0 amide bonds. The van der Waals surface area contributed by atoms with Gasteiger partial charge in [0.2, 0.25) is 0 Å². The van der Waals surface area contributed by atoms with E-state index in [1.807, 2.05) is 48.5 Å². The molecule has 2 aromatic carbocycles. The van der Waals surface area contributed by atoms with Gasteiger partial charge in [0.25, 0.3) is 0 Å². The molecule has 0 atom stereocenters. The highest BCUT2D eigenvalue weighted by molar-refractivity contribution is 8.01. The first-order chi connectivity index (χ1) is 10.3. The largest absolute Gasteiger partial charge is 0.422 e. The summed E-state index contributed by atoms with van der Waals surface area (Å²) in [5, 5.41) is 0.917. The van der Waals surface area contributed by atoms with E-state index in [1.165, 1.54) is 11.8 Å². The zero-order valence-corrected chi connectivity index (χ0v) is 12.4. The first-order valence-corrected chi connectivity index (χ1v) is 7.99. The van der Waals surface area contributed by atoms with Crippen LogP contribution in [0.1, 0.15) is 0 Å². The molecule has 0 bridgehead atoms. The fourth-order valence-corrected chi connectivity index (χ4v) is 4.15. The molecule has 0 unspecified atom stereocenters. The zero-order valence-electron chi connectivity index (χ0n) is 10.8. The van der Waals surface area contributed by atoms with Crippen molar-refractivity contribution in [3.05, 3.63) is 65.0 Å². The van der Waals surface area contributed by atoms with Crippen LogP contribution in [-0.2, 0) is 0 Å². The summed E-state index contributed by atoms with van der Waals surface area (Å²) in [6.07, 6.45) is 0. The number of para-hydroxylation sites is 2. The molecular formula is C16H9NO2S2. The first kappa shape index (κ1) is 12.6. The van der Waals surface area contributed by atoms with Crippen molar-refractivity contribution in [3.8, 4) is 0 Å². The van der Waals surface area contributed by atoms with Gasteiger partial charge in [-0.3, -0.25) is 0 Å². The summed E-state index contributed by atoms with van der Waals surface area (Å²) in [5.41, 5.74) is 1.24. The quantitative estimate of drug-likeness (QED) is 0.509. The van der Waals surface area contributed by atoms with Crippen molar-refractivity contribution in [1.29, 1.82) is 0 Å².